The van der Waals surface area contributed by atoms with Crippen molar-refractivity contribution in [3.05, 3.63) is 6.39 Å². The van der Waals surface area contributed by atoms with E-state index in [2.05, 4.69) is 15.5 Å². The third-order valence-corrected chi connectivity index (χ3v) is 5.03. The van der Waals surface area contributed by atoms with E-state index in [0.29, 0.717) is 12.8 Å². The Labute approximate surface area is 109 Å². The third-order valence-electron chi connectivity index (χ3n) is 5.03. The van der Waals surface area contributed by atoms with Gasteiger partial charge in [0.1, 0.15) is 0 Å². The lowest BCUT2D eigenvalue weighted by Crippen LogP contribution is -2.50. The number of hydrogen-bond acceptors (Lipinski definition) is 6. The van der Waals surface area contributed by atoms with Crippen molar-refractivity contribution in [2.45, 2.75) is 39.2 Å². The molecule has 3 rings (SSSR count). The molecule has 7 nitrogen and oxygen atoms in total. The van der Waals surface area contributed by atoms with Crippen molar-refractivity contribution < 1.29 is 18.7 Å². The van der Waals surface area contributed by atoms with Gasteiger partial charge in [0.2, 0.25) is 6.39 Å². The molecule has 0 unspecified atom stereocenters. The Hall–Kier alpha value is -1.92. The van der Waals surface area contributed by atoms with Crippen molar-refractivity contribution >= 4 is 17.9 Å². The zero-order valence-electron chi connectivity index (χ0n) is 11.0. The third kappa shape index (κ3) is 1.22. The molecule has 2 bridgehead atoms. The molecular weight excluding hydrogens is 250 g/mol. The van der Waals surface area contributed by atoms with Gasteiger partial charge >= 0.3 is 12.0 Å². The van der Waals surface area contributed by atoms with E-state index in [4.69, 9.17) is 9.15 Å². The van der Waals surface area contributed by atoms with Crippen molar-refractivity contribution in [2.75, 3.05) is 5.32 Å². The summed E-state index contributed by atoms with van der Waals surface area (Å²) in [5, 5.41) is 9.61. The van der Waals surface area contributed by atoms with Gasteiger partial charge in [-0.05, 0) is 19.8 Å². The van der Waals surface area contributed by atoms with Crippen molar-refractivity contribution in [1.82, 2.24) is 10.2 Å². The van der Waals surface area contributed by atoms with Gasteiger partial charge in [-0.15, -0.1) is 5.10 Å². The Morgan fingerprint density at radius 3 is 2.58 bits per heavy atom. The summed E-state index contributed by atoms with van der Waals surface area (Å²) in [6.07, 6.45) is 2.26. The lowest BCUT2D eigenvalue weighted by atomic mass is 9.66. The maximum Gasteiger partial charge on any atom is 0.322 e. The van der Waals surface area contributed by atoms with Crippen LogP contribution in [-0.4, -0.2) is 27.7 Å². The minimum Gasteiger partial charge on any atom is -0.448 e. The van der Waals surface area contributed by atoms with Crippen molar-refractivity contribution in [1.29, 1.82) is 0 Å². The molecule has 2 aliphatic rings. The largest absolute Gasteiger partial charge is 0.448 e. The number of aromatic nitrogens is 2. The molecule has 1 N–H and O–H groups in total. The molecule has 7 heteroatoms. The Kier molecular flexibility index (Phi) is 2.13. The number of ether oxygens (including phenoxy) is 1. The van der Waals surface area contributed by atoms with Crippen molar-refractivity contribution in [3.63, 3.8) is 0 Å². The maximum atomic E-state index is 12.5. The zero-order chi connectivity index (χ0) is 13.9. The number of anilines is 1. The molecule has 102 valence electrons. The number of amides is 1. The molecule has 0 spiro atoms. The molecule has 2 fully saturated rings. The highest BCUT2D eigenvalue weighted by Gasteiger charge is 2.75. The van der Waals surface area contributed by atoms with Crippen molar-refractivity contribution in [2.24, 2.45) is 10.8 Å². The van der Waals surface area contributed by atoms with Gasteiger partial charge in [-0.3, -0.25) is 14.9 Å². The molecule has 1 amide bonds. The highest BCUT2D eigenvalue weighted by molar-refractivity contribution is 6.02. The number of fused-ring (bicyclic) bond motifs is 2. The van der Waals surface area contributed by atoms with Gasteiger partial charge in [-0.2, -0.15) is 0 Å². The molecule has 0 aromatic carbocycles. The second-order valence-electron chi connectivity index (χ2n) is 5.87. The van der Waals surface area contributed by atoms with E-state index in [1.54, 1.807) is 0 Å². The molecule has 1 saturated heterocycles. The highest BCUT2D eigenvalue weighted by Crippen LogP contribution is 2.65. The predicted molar refractivity (Wildman–Crippen MR) is 62.9 cm³/mol. The zero-order valence-corrected chi connectivity index (χ0v) is 11.0. The SMILES string of the molecule is CC1(C)[C@@]2(C)CC[C@]1(C(=O)Nc1nnco1)OC2=O. The standard InChI is InChI=1S/C12H15N3O4/c1-10(2)11(3)4-5-12(10,19-8(11)17)7(16)14-9-15-13-6-18-9/h6H,4-5H2,1-3H3,(H,14,15,16)/t11-,12+/m0/s1. The van der Waals surface area contributed by atoms with Crippen LogP contribution < -0.4 is 5.32 Å². The van der Waals surface area contributed by atoms with Crippen LogP contribution in [0.5, 0.6) is 0 Å². The summed E-state index contributed by atoms with van der Waals surface area (Å²) in [6, 6.07) is 0.00623. The molecule has 1 saturated carbocycles. The van der Waals surface area contributed by atoms with Crippen LogP contribution in [0.2, 0.25) is 0 Å². The van der Waals surface area contributed by atoms with Crippen molar-refractivity contribution in [3.8, 4) is 0 Å². The molecule has 1 aromatic heterocycles. The Balaban J connectivity index is 1.96. The van der Waals surface area contributed by atoms with E-state index in [0.717, 1.165) is 6.39 Å². The van der Waals surface area contributed by atoms with E-state index in [-0.39, 0.29) is 12.0 Å². The van der Waals surface area contributed by atoms with E-state index in [1.165, 1.54) is 0 Å². The summed E-state index contributed by atoms with van der Waals surface area (Å²) >= 11 is 0. The molecule has 1 aromatic rings. The van der Waals surface area contributed by atoms with Gasteiger partial charge in [0, 0.05) is 5.41 Å². The van der Waals surface area contributed by atoms with Gasteiger partial charge < -0.3 is 9.15 Å². The topological polar surface area (TPSA) is 94.3 Å². The number of hydrogen-bond donors (Lipinski definition) is 1. The van der Waals surface area contributed by atoms with Crippen LogP contribution >= 0.6 is 0 Å². The van der Waals surface area contributed by atoms with Gasteiger partial charge in [-0.25, -0.2) is 0 Å². The summed E-state index contributed by atoms with van der Waals surface area (Å²) in [5.74, 6) is -0.722. The molecule has 2 atom stereocenters. The highest BCUT2D eigenvalue weighted by atomic mass is 16.6. The summed E-state index contributed by atoms with van der Waals surface area (Å²) in [6.45, 7) is 5.63. The normalized spacial score (nSPS) is 35.2. The monoisotopic (exact) mass is 265 g/mol. The van der Waals surface area contributed by atoms with Crippen LogP contribution in [0.3, 0.4) is 0 Å². The van der Waals surface area contributed by atoms with Crippen LogP contribution in [0.15, 0.2) is 10.8 Å². The lowest BCUT2D eigenvalue weighted by molar-refractivity contribution is -0.166. The quantitative estimate of drug-likeness (QED) is 0.805. The maximum absolute atomic E-state index is 12.5. The molecule has 1 aliphatic heterocycles. The Morgan fingerprint density at radius 2 is 2.11 bits per heavy atom. The first-order chi connectivity index (χ1) is 8.83. The van der Waals surface area contributed by atoms with Crippen LogP contribution in [-0.2, 0) is 14.3 Å². The Morgan fingerprint density at radius 1 is 1.37 bits per heavy atom. The molecule has 2 heterocycles. The molecule has 19 heavy (non-hydrogen) atoms. The van der Waals surface area contributed by atoms with E-state index < -0.39 is 22.3 Å². The summed E-state index contributed by atoms with van der Waals surface area (Å²) in [4.78, 5) is 24.5. The van der Waals surface area contributed by atoms with Gasteiger partial charge in [0.15, 0.2) is 5.60 Å². The Bertz CT molecular complexity index is 553. The average molecular weight is 265 g/mol. The average Bonchev–Trinajstić information content (AvgIpc) is 2.94. The number of esters is 1. The smallest absolute Gasteiger partial charge is 0.322 e. The molecule has 0 radical (unpaired) electrons. The number of carbonyl (C=O) groups excluding carboxylic acids is 2. The fourth-order valence-corrected chi connectivity index (χ4v) is 3.17. The summed E-state index contributed by atoms with van der Waals surface area (Å²) < 4.78 is 10.3. The molecular formula is C12H15N3O4. The molecule has 1 aliphatic carbocycles. The fraction of sp³-hybridized carbons (Fsp3) is 0.667. The predicted octanol–water partition coefficient (Wildman–Crippen LogP) is 1.13. The first kappa shape index (κ1) is 12.1. The lowest BCUT2D eigenvalue weighted by Gasteiger charge is -2.34. The van der Waals surface area contributed by atoms with Crippen LogP contribution in [0.1, 0.15) is 33.6 Å². The van der Waals surface area contributed by atoms with Gasteiger partial charge in [-0.1, -0.05) is 18.9 Å². The first-order valence-corrected chi connectivity index (χ1v) is 6.15. The second-order valence-corrected chi connectivity index (χ2v) is 5.87. The number of carbonyl (C=O) groups is 2. The van der Waals surface area contributed by atoms with E-state index in [9.17, 15) is 9.59 Å². The van der Waals surface area contributed by atoms with Crippen LogP contribution in [0.4, 0.5) is 6.01 Å². The van der Waals surface area contributed by atoms with E-state index in [1.807, 2.05) is 20.8 Å². The number of rotatable bonds is 2. The summed E-state index contributed by atoms with van der Waals surface area (Å²) in [5.41, 5.74) is -2.37. The van der Waals surface area contributed by atoms with Gasteiger partial charge in [0.05, 0.1) is 5.41 Å². The van der Waals surface area contributed by atoms with Crippen LogP contribution in [0.25, 0.3) is 0 Å². The fourth-order valence-electron chi connectivity index (χ4n) is 3.17. The minimum atomic E-state index is -1.16. The number of nitrogens with zero attached hydrogens (tertiary/aromatic N) is 2. The van der Waals surface area contributed by atoms with Crippen LogP contribution in [0, 0.1) is 10.8 Å². The summed E-state index contributed by atoms with van der Waals surface area (Å²) in [7, 11) is 0. The van der Waals surface area contributed by atoms with E-state index >= 15 is 0 Å². The second kappa shape index (κ2) is 3.34. The number of nitrogens with one attached hydrogen (secondary N) is 1. The first-order valence-electron chi connectivity index (χ1n) is 6.15. The minimum absolute atomic E-state index is 0.00623. The van der Waals surface area contributed by atoms with Gasteiger partial charge in [0.25, 0.3) is 5.91 Å².